The molecule has 0 bridgehead atoms. The molecule has 196 valence electrons. The van der Waals surface area contributed by atoms with Gasteiger partial charge in [0.05, 0.1) is 23.6 Å². The molecule has 1 aliphatic heterocycles. The number of Topliss-reactive ketones (excluding diaryl/α,β-unsaturated/α-hetero) is 1. The second-order valence-corrected chi connectivity index (χ2v) is 11.5. The molecule has 6 rings (SSSR count). The highest BCUT2D eigenvalue weighted by Gasteiger charge is 2.46. The zero-order chi connectivity index (χ0) is 26.2. The molecule has 3 fully saturated rings. The number of nitrogens with one attached hydrogen (secondary N) is 1. The third kappa shape index (κ3) is 4.88. The molecule has 38 heavy (non-hydrogen) atoms. The van der Waals surface area contributed by atoms with Gasteiger partial charge < -0.3 is 14.5 Å². The molecule has 1 N–H and O–H groups in total. The monoisotopic (exact) mass is 510 g/mol. The smallest absolute Gasteiger partial charge is 0.287 e. The maximum absolute atomic E-state index is 13.4. The first kappa shape index (κ1) is 24.9. The molecule has 1 aromatic heterocycles. The van der Waals surface area contributed by atoms with Crippen LogP contribution in [0.25, 0.3) is 22.1 Å². The predicted octanol–water partition coefficient (Wildman–Crippen LogP) is 6.69. The highest BCUT2D eigenvalue weighted by atomic mass is 16.5. The molecule has 2 aromatic carbocycles. The van der Waals surface area contributed by atoms with Gasteiger partial charge in [-0.1, -0.05) is 55.7 Å². The van der Waals surface area contributed by atoms with Crippen LogP contribution in [-0.2, 0) is 9.53 Å². The number of ether oxygens (including phenoxy) is 1. The van der Waals surface area contributed by atoms with Crippen LogP contribution < -0.4 is 5.32 Å². The van der Waals surface area contributed by atoms with Crippen LogP contribution >= 0.6 is 0 Å². The Labute approximate surface area is 223 Å². The Hall–Kier alpha value is -3.43. The summed E-state index contributed by atoms with van der Waals surface area (Å²) in [7, 11) is 0. The van der Waals surface area contributed by atoms with Gasteiger partial charge in [0.25, 0.3) is 5.91 Å². The molecule has 1 saturated heterocycles. The van der Waals surface area contributed by atoms with E-state index in [1.165, 1.54) is 5.56 Å². The first-order valence-corrected chi connectivity index (χ1v) is 14.0. The lowest BCUT2D eigenvalue weighted by Crippen LogP contribution is -2.55. The molecule has 6 nitrogen and oxygen atoms in total. The van der Waals surface area contributed by atoms with Crippen molar-refractivity contribution in [2.75, 3.05) is 13.2 Å². The summed E-state index contributed by atoms with van der Waals surface area (Å²) in [4.78, 5) is 26.8. The number of nitriles is 1. The Morgan fingerprint density at radius 1 is 0.974 bits per heavy atom. The van der Waals surface area contributed by atoms with Gasteiger partial charge in [-0.15, -0.1) is 0 Å². The molecule has 3 aliphatic rings. The number of benzene rings is 2. The molecule has 6 heteroatoms. The SMILES string of the molecule is N#CC1(CCC(=O)C2(NC(=O)c3cc4ccc(-c5ccc(C6CCOC6)cc5)cc4o3)CCCCC2)CC1. The second-order valence-electron chi connectivity index (χ2n) is 11.5. The topological polar surface area (TPSA) is 92.3 Å². The van der Waals surface area contributed by atoms with E-state index >= 15 is 0 Å². The fourth-order valence-corrected chi connectivity index (χ4v) is 6.14. The minimum Gasteiger partial charge on any atom is -0.451 e. The van der Waals surface area contributed by atoms with Gasteiger partial charge in [-0.3, -0.25) is 9.59 Å². The number of hydrogen-bond acceptors (Lipinski definition) is 5. The third-order valence-electron chi connectivity index (χ3n) is 8.90. The van der Waals surface area contributed by atoms with Gasteiger partial charge in [-0.25, -0.2) is 0 Å². The number of furan rings is 1. The van der Waals surface area contributed by atoms with Gasteiger partial charge in [0, 0.05) is 24.3 Å². The highest BCUT2D eigenvalue weighted by Crippen LogP contribution is 2.49. The van der Waals surface area contributed by atoms with Gasteiger partial charge in [-0.05, 0) is 67.3 Å². The Kier molecular flexibility index (Phi) is 6.57. The molecule has 0 radical (unpaired) electrons. The van der Waals surface area contributed by atoms with Crippen molar-refractivity contribution >= 4 is 22.7 Å². The molecule has 1 atom stereocenters. The van der Waals surface area contributed by atoms with Crippen LogP contribution in [0.5, 0.6) is 0 Å². The Morgan fingerprint density at radius 2 is 1.74 bits per heavy atom. The Bertz CT molecular complexity index is 1380. The fourth-order valence-electron chi connectivity index (χ4n) is 6.14. The maximum Gasteiger partial charge on any atom is 0.287 e. The minimum atomic E-state index is -0.864. The van der Waals surface area contributed by atoms with E-state index in [1.807, 2.05) is 18.2 Å². The third-order valence-corrected chi connectivity index (χ3v) is 8.90. The average molecular weight is 511 g/mol. The van der Waals surface area contributed by atoms with E-state index in [1.54, 1.807) is 6.07 Å². The lowest BCUT2D eigenvalue weighted by Gasteiger charge is -2.36. The number of carbonyl (C=O) groups excluding carboxylic acids is 2. The molecule has 1 unspecified atom stereocenters. The molecular formula is C32H34N2O4. The molecular weight excluding hydrogens is 476 g/mol. The van der Waals surface area contributed by atoms with E-state index < -0.39 is 5.54 Å². The van der Waals surface area contributed by atoms with E-state index in [-0.39, 0.29) is 22.9 Å². The largest absolute Gasteiger partial charge is 0.451 e. The lowest BCUT2D eigenvalue weighted by molar-refractivity contribution is -0.126. The maximum atomic E-state index is 13.4. The molecule has 3 aromatic rings. The summed E-state index contributed by atoms with van der Waals surface area (Å²) < 4.78 is 11.5. The van der Waals surface area contributed by atoms with Gasteiger partial charge >= 0.3 is 0 Å². The van der Waals surface area contributed by atoms with E-state index in [4.69, 9.17) is 9.15 Å². The minimum absolute atomic E-state index is 0.0538. The van der Waals surface area contributed by atoms with Gasteiger partial charge in [0.2, 0.25) is 0 Å². The standard InChI is InChI=1S/C32H34N2O4/c33-21-31(15-16-31)14-10-29(35)32(12-2-1-3-13-32)34-30(36)28-19-25-9-8-24(18-27(25)38-28)22-4-6-23(7-5-22)26-11-17-37-20-26/h4-9,18-19,26H,1-3,10-17,20H2,(H,34,36). The van der Waals surface area contributed by atoms with Crippen LogP contribution in [-0.4, -0.2) is 30.4 Å². The quantitative estimate of drug-likeness (QED) is 0.364. The van der Waals surface area contributed by atoms with Crippen molar-refractivity contribution in [3.63, 3.8) is 0 Å². The molecule has 2 saturated carbocycles. The van der Waals surface area contributed by atoms with Crippen molar-refractivity contribution in [2.45, 2.75) is 75.7 Å². The van der Waals surface area contributed by atoms with Crippen molar-refractivity contribution in [1.29, 1.82) is 5.26 Å². The van der Waals surface area contributed by atoms with Crippen LogP contribution in [0.4, 0.5) is 0 Å². The van der Waals surface area contributed by atoms with Crippen LogP contribution in [0.2, 0.25) is 0 Å². The summed E-state index contributed by atoms with van der Waals surface area (Å²) in [5, 5.41) is 13.4. The molecule has 0 spiro atoms. The summed E-state index contributed by atoms with van der Waals surface area (Å²) in [5.74, 6) is 0.404. The number of amides is 1. The summed E-state index contributed by atoms with van der Waals surface area (Å²) in [6, 6.07) is 18.7. The second kappa shape index (κ2) is 10.0. The molecule has 2 heterocycles. The van der Waals surface area contributed by atoms with Crippen LogP contribution in [0, 0.1) is 16.7 Å². The first-order valence-electron chi connectivity index (χ1n) is 14.0. The number of hydrogen-bond donors (Lipinski definition) is 1. The van der Waals surface area contributed by atoms with Crippen LogP contribution in [0.1, 0.15) is 86.2 Å². The van der Waals surface area contributed by atoms with Gasteiger partial charge in [0.15, 0.2) is 11.5 Å². The summed E-state index contributed by atoms with van der Waals surface area (Å²) in [5.41, 5.74) is 2.88. The number of ketones is 1. The molecule has 2 aliphatic carbocycles. The first-order chi connectivity index (χ1) is 18.5. The number of rotatable bonds is 8. The zero-order valence-electron chi connectivity index (χ0n) is 21.8. The Morgan fingerprint density at radius 3 is 2.42 bits per heavy atom. The Balaban J connectivity index is 1.18. The molecule has 1 amide bonds. The number of carbonyl (C=O) groups is 2. The normalized spacial score (nSPS) is 21.6. The van der Waals surface area contributed by atoms with E-state index in [9.17, 15) is 14.9 Å². The van der Waals surface area contributed by atoms with Crippen molar-refractivity contribution in [3.05, 3.63) is 59.9 Å². The van der Waals surface area contributed by atoms with Crippen LogP contribution in [0.3, 0.4) is 0 Å². The van der Waals surface area contributed by atoms with E-state index in [2.05, 4.69) is 35.7 Å². The highest BCUT2D eigenvalue weighted by molar-refractivity contribution is 6.01. The van der Waals surface area contributed by atoms with Crippen molar-refractivity contribution in [1.82, 2.24) is 5.32 Å². The van der Waals surface area contributed by atoms with Crippen LogP contribution in [0.15, 0.2) is 52.9 Å². The van der Waals surface area contributed by atoms with Gasteiger partial charge in [-0.2, -0.15) is 5.26 Å². The van der Waals surface area contributed by atoms with Crippen molar-refractivity contribution in [2.24, 2.45) is 5.41 Å². The summed E-state index contributed by atoms with van der Waals surface area (Å²) in [6.45, 7) is 1.62. The number of nitrogens with zero attached hydrogens (tertiary/aromatic N) is 1. The zero-order valence-corrected chi connectivity index (χ0v) is 21.8. The predicted molar refractivity (Wildman–Crippen MR) is 145 cm³/mol. The lowest BCUT2D eigenvalue weighted by atomic mass is 9.76. The van der Waals surface area contributed by atoms with Gasteiger partial charge in [0.1, 0.15) is 5.58 Å². The fraction of sp³-hybridized carbons (Fsp3) is 0.469. The van der Waals surface area contributed by atoms with E-state index in [0.29, 0.717) is 37.2 Å². The summed E-state index contributed by atoms with van der Waals surface area (Å²) >= 11 is 0. The summed E-state index contributed by atoms with van der Waals surface area (Å²) in [6.07, 6.45) is 7.90. The van der Waals surface area contributed by atoms with Crippen molar-refractivity contribution < 1.29 is 18.7 Å². The number of fused-ring (bicyclic) bond motifs is 1. The average Bonchev–Trinajstić information content (AvgIpc) is 3.32. The van der Waals surface area contributed by atoms with Crippen molar-refractivity contribution in [3.8, 4) is 17.2 Å². The van der Waals surface area contributed by atoms with E-state index in [0.717, 1.165) is 68.3 Å².